The quantitative estimate of drug-likeness (QED) is 0.914. The number of hydrogen-bond acceptors (Lipinski definition) is 2. The summed E-state index contributed by atoms with van der Waals surface area (Å²) in [5.74, 6) is 0.729. The van der Waals surface area contributed by atoms with Gasteiger partial charge in [0.05, 0.1) is 0 Å². The van der Waals surface area contributed by atoms with E-state index in [0.29, 0.717) is 6.04 Å². The average Bonchev–Trinajstić information content (AvgIpc) is 2.53. The first-order chi connectivity index (χ1) is 9.79. The van der Waals surface area contributed by atoms with E-state index in [9.17, 15) is 0 Å². The summed E-state index contributed by atoms with van der Waals surface area (Å²) >= 11 is 0. The SMILES string of the molecule is CCC(C)C1CN(c2cccc3ccccc23)CCN1. The Labute approximate surface area is 121 Å². The lowest BCUT2D eigenvalue weighted by Crippen LogP contribution is -2.53. The number of anilines is 1. The Bertz CT molecular complexity index is 573. The van der Waals surface area contributed by atoms with E-state index in [-0.39, 0.29) is 0 Å². The smallest absolute Gasteiger partial charge is 0.0446 e. The Hall–Kier alpha value is -1.54. The molecule has 1 heterocycles. The molecule has 0 amide bonds. The highest BCUT2D eigenvalue weighted by Gasteiger charge is 2.23. The van der Waals surface area contributed by atoms with Gasteiger partial charge in [0.25, 0.3) is 0 Å². The van der Waals surface area contributed by atoms with Crippen molar-refractivity contribution in [1.82, 2.24) is 5.32 Å². The third-order valence-electron chi connectivity index (χ3n) is 4.64. The molecule has 3 rings (SSSR count). The maximum atomic E-state index is 3.68. The zero-order valence-corrected chi connectivity index (χ0v) is 12.5. The molecule has 1 aliphatic rings. The summed E-state index contributed by atoms with van der Waals surface area (Å²) in [5.41, 5.74) is 1.39. The van der Waals surface area contributed by atoms with Gasteiger partial charge in [-0.1, -0.05) is 56.7 Å². The van der Waals surface area contributed by atoms with Crippen molar-refractivity contribution in [3.63, 3.8) is 0 Å². The zero-order valence-electron chi connectivity index (χ0n) is 12.5. The van der Waals surface area contributed by atoms with E-state index >= 15 is 0 Å². The van der Waals surface area contributed by atoms with Gasteiger partial charge in [-0.2, -0.15) is 0 Å². The maximum Gasteiger partial charge on any atom is 0.0446 e. The first kappa shape index (κ1) is 13.4. The topological polar surface area (TPSA) is 15.3 Å². The van der Waals surface area contributed by atoms with Crippen LogP contribution in [-0.2, 0) is 0 Å². The molecule has 0 bridgehead atoms. The van der Waals surface area contributed by atoms with Crippen LogP contribution < -0.4 is 10.2 Å². The maximum absolute atomic E-state index is 3.68. The molecule has 2 unspecified atom stereocenters. The van der Waals surface area contributed by atoms with Crippen molar-refractivity contribution >= 4 is 16.5 Å². The van der Waals surface area contributed by atoms with E-state index in [1.807, 2.05) is 0 Å². The monoisotopic (exact) mass is 268 g/mol. The van der Waals surface area contributed by atoms with E-state index in [0.717, 1.165) is 25.6 Å². The second-order valence-corrected chi connectivity index (χ2v) is 5.89. The van der Waals surface area contributed by atoms with Crippen molar-refractivity contribution in [3.05, 3.63) is 42.5 Å². The van der Waals surface area contributed by atoms with Crippen LogP contribution in [0.2, 0.25) is 0 Å². The molecular weight excluding hydrogens is 244 g/mol. The minimum Gasteiger partial charge on any atom is -0.368 e. The molecule has 0 aromatic heterocycles. The third-order valence-corrected chi connectivity index (χ3v) is 4.64. The zero-order chi connectivity index (χ0) is 13.9. The van der Waals surface area contributed by atoms with E-state index in [1.165, 1.54) is 22.9 Å². The second kappa shape index (κ2) is 5.84. The van der Waals surface area contributed by atoms with E-state index in [2.05, 4.69) is 66.5 Å². The molecule has 1 saturated heterocycles. The van der Waals surface area contributed by atoms with Gasteiger partial charge < -0.3 is 10.2 Å². The van der Waals surface area contributed by atoms with Crippen LogP contribution >= 0.6 is 0 Å². The van der Waals surface area contributed by atoms with Crippen LogP contribution in [0.4, 0.5) is 5.69 Å². The summed E-state index contributed by atoms with van der Waals surface area (Å²) in [4.78, 5) is 2.55. The van der Waals surface area contributed by atoms with Gasteiger partial charge in [0.1, 0.15) is 0 Å². The number of piperazine rings is 1. The average molecular weight is 268 g/mol. The molecule has 1 fully saturated rings. The molecule has 1 N–H and O–H groups in total. The number of fused-ring (bicyclic) bond motifs is 1. The molecule has 20 heavy (non-hydrogen) atoms. The van der Waals surface area contributed by atoms with Gasteiger partial charge in [0.2, 0.25) is 0 Å². The van der Waals surface area contributed by atoms with Crippen LogP contribution in [0, 0.1) is 5.92 Å². The molecule has 0 radical (unpaired) electrons. The normalized spacial score (nSPS) is 21.1. The predicted octanol–water partition coefficient (Wildman–Crippen LogP) is 3.66. The van der Waals surface area contributed by atoms with Gasteiger partial charge in [-0.3, -0.25) is 0 Å². The first-order valence-corrected chi connectivity index (χ1v) is 7.75. The largest absolute Gasteiger partial charge is 0.368 e. The van der Waals surface area contributed by atoms with Crippen molar-refractivity contribution in [1.29, 1.82) is 0 Å². The highest BCUT2D eigenvalue weighted by molar-refractivity contribution is 5.94. The van der Waals surface area contributed by atoms with Crippen LogP contribution in [0.1, 0.15) is 20.3 Å². The summed E-state index contributed by atoms with van der Waals surface area (Å²) in [7, 11) is 0. The highest BCUT2D eigenvalue weighted by atomic mass is 15.2. The van der Waals surface area contributed by atoms with Crippen LogP contribution in [0.5, 0.6) is 0 Å². The lowest BCUT2D eigenvalue weighted by atomic mass is 9.96. The van der Waals surface area contributed by atoms with Crippen LogP contribution in [0.25, 0.3) is 10.8 Å². The molecule has 2 aromatic carbocycles. The summed E-state index contributed by atoms with van der Waals surface area (Å²) in [6.07, 6.45) is 1.24. The number of benzene rings is 2. The fourth-order valence-corrected chi connectivity index (χ4v) is 3.15. The Morgan fingerprint density at radius 1 is 1.20 bits per heavy atom. The molecule has 2 nitrogen and oxygen atoms in total. The Morgan fingerprint density at radius 2 is 2.00 bits per heavy atom. The molecule has 0 aliphatic carbocycles. The molecule has 1 aliphatic heterocycles. The molecule has 0 spiro atoms. The number of hydrogen-bond donors (Lipinski definition) is 1. The van der Waals surface area contributed by atoms with Crippen molar-refractivity contribution in [2.75, 3.05) is 24.5 Å². The Kier molecular flexibility index (Phi) is 3.93. The summed E-state index contributed by atoms with van der Waals surface area (Å²) in [6.45, 7) is 7.93. The molecule has 106 valence electrons. The van der Waals surface area contributed by atoms with Crippen molar-refractivity contribution in [2.45, 2.75) is 26.3 Å². The fraction of sp³-hybridized carbons (Fsp3) is 0.444. The van der Waals surface area contributed by atoms with Gasteiger partial charge in [-0.25, -0.2) is 0 Å². The van der Waals surface area contributed by atoms with Gasteiger partial charge >= 0.3 is 0 Å². The Morgan fingerprint density at radius 3 is 2.85 bits per heavy atom. The molecule has 2 atom stereocenters. The van der Waals surface area contributed by atoms with E-state index in [1.54, 1.807) is 0 Å². The molecule has 2 aromatic rings. The first-order valence-electron chi connectivity index (χ1n) is 7.75. The summed E-state index contributed by atoms with van der Waals surface area (Å²) < 4.78 is 0. The minimum absolute atomic E-state index is 0.604. The van der Waals surface area contributed by atoms with Gasteiger partial charge in [0, 0.05) is 36.7 Å². The van der Waals surface area contributed by atoms with E-state index < -0.39 is 0 Å². The van der Waals surface area contributed by atoms with Gasteiger partial charge in [-0.05, 0) is 17.4 Å². The van der Waals surface area contributed by atoms with Crippen molar-refractivity contribution in [2.24, 2.45) is 5.92 Å². The van der Waals surface area contributed by atoms with Crippen LogP contribution in [-0.4, -0.2) is 25.7 Å². The fourth-order valence-electron chi connectivity index (χ4n) is 3.15. The van der Waals surface area contributed by atoms with Gasteiger partial charge in [0.15, 0.2) is 0 Å². The van der Waals surface area contributed by atoms with Gasteiger partial charge in [-0.15, -0.1) is 0 Å². The standard InChI is InChI=1S/C18H24N2/c1-3-14(2)17-13-20(12-11-19-17)18-10-6-8-15-7-4-5-9-16(15)18/h4-10,14,17,19H,3,11-13H2,1-2H3. The predicted molar refractivity (Wildman–Crippen MR) is 87.4 cm³/mol. The number of rotatable bonds is 3. The molecular formula is C18H24N2. The number of nitrogens with zero attached hydrogens (tertiary/aromatic N) is 1. The second-order valence-electron chi connectivity index (χ2n) is 5.89. The Balaban J connectivity index is 1.91. The minimum atomic E-state index is 0.604. The summed E-state index contributed by atoms with van der Waals surface area (Å²) in [6, 6.07) is 15.9. The van der Waals surface area contributed by atoms with E-state index in [4.69, 9.17) is 0 Å². The van der Waals surface area contributed by atoms with Crippen molar-refractivity contribution in [3.8, 4) is 0 Å². The molecule has 0 saturated carbocycles. The number of nitrogens with one attached hydrogen (secondary N) is 1. The van der Waals surface area contributed by atoms with Crippen LogP contribution in [0.3, 0.4) is 0 Å². The highest BCUT2D eigenvalue weighted by Crippen LogP contribution is 2.28. The molecule has 2 heteroatoms. The van der Waals surface area contributed by atoms with Crippen LogP contribution in [0.15, 0.2) is 42.5 Å². The third kappa shape index (κ3) is 2.53. The lowest BCUT2D eigenvalue weighted by molar-refractivity contribution is 0.342. The lowest BCUT2D eigenvalue weighted by Gasteiger charge is -2.38. The van der Waals surface area contributed by atoms with Crippen molar-refractivity contribution < 1.29 is 0 Å². The summed E-state index contributed by atoms with van der Waals surface area (Å²) in [5, 5.41) is 6.39.